The Hall–Kier alpha value is -5.48. The van der Waals surface area contributed by atoms with Gasteiger partial charge in [0.25, 0.3) is 0 Å². The fourth-order valence-corrected chi connectivity index (χ4v) is 7.59. The fraction of sp³-hybridized carbons (Fsp3) is 0.235. The van der Waals surface area contributed by atoms with Gasteiger partial charge in [-0.25, -0.2) is 19.6 Å². The highest BCUT2D eigenvalue weighted by Crippen LogP contribution is 2.28. The molecular formula is C34H32N6O8S2. The minimum atomic E-state index is -1.56. The second-order valence-corrected chi connectivity index (χ2v) is 14.0. The molecule has 0 amide bonds. The number of carbonyl (C=O) groups excluding carboxylic acids is 2. The van der Waals surface area contributed by atoms with Crippen LogP contribution in [0.1, 0.15) is 33.6 Å². The number of fused-ring (bicyclic) bond motifs is 2. The van der Waals surface area contributed by atoms with E-state index in [9.17, 15) is 18.0 Å². The van der Waals surface area contributed by atoms with Crippen LogP contribution in [0.25, 0.3) is 22.1 Å². The first kappa shape index (κ1) is 34.4. The van der Waals surface area contributed by atoms with Crippen LogP contribution >= 0.6 is 0 Å². The molecule has 0 bridgehead atoms. The zero-order chi connectivity index (χ0) is 35.7. The molecule has 2 aromatic carbocycles. The first-order valence-electron chi connectivity index (χ1n) is 15.1. The molecule has 0 fully saturated rings. The number of hydrogen-bond donors (Lipinski definition) is 2. The Labute approximate surface area is 290 Å². The van der Waals surface area contributed by atoms with Gasteiger partial charge >= 0.3 is 11.9 Å². The molecule has 0 saturated carbocycles. The van der Waals surface area contributed by atoms with Crippen LogP contribution in [0, 0.1) is 27.7 Å². The molecule has 0 aliphatic heterocycles. The number of hydrogen-bond acceptors (Lipinski definition) is 12. The van der Waals surface area contributed by atoms with E-state index in [1.54, 1.807) is 38.7 Å². The molecule has 14 nitrogen and oxygen atoms in total. The van der Waals surface area contributed by atoms with Gasteiger partial charge in [0.05, 0.1) is 80.8 Å². The van der Waals surface area contributed by atoms with Crippen LogP contribution in [-0.2, 0) is 42.7 Å². The third-order valence-electron chi connectivity index (χ3n) is 7.92. The predicted octanol–water partition coefficient (Wildman–Crippen LogP) is 4.61. The number of pyridine rings is 2. The second kappa shape index (κ2) is 14.2. The van der Waals surface area contributed by atoms with E-state index in [1.807, 2.05) is 27.7 Å². The number of carbonyl (C=O) groups is 2. The molecule has 16 heteroatoms. The SMILES string of the molecule is COc1c(C)cnc(CS(=O)c2nc3ccc(OC(=O)C(=O)Oc4ccc5nc(S(=O)Cc6ncc(C)c(OC)c6C)[nH]c5c4)cc3[nH]2)c1C. The van der Waals surface area contributed by atoms with Gasteiger partial charge in [-0.2, -0.15) is 0 Å². The van der Waals surface area contributed by atoms with Crippen LogP contribution in [0.2, 0.25) is 0 Å². The summed E-state index contributed by atoms with van der Waals surface area (Å²) in [5, 5.41) is 0.430. The van der Waals surface area contributed by atoms with Crippen LogP contribution in [0.5, 0.6) is 23.0 Å². The predicted molar refractivity (Wildman–Crippen MR) is 184 cm³/mol. The number of imidazole rings is 2. The topological polar surface area (TPSA) is 188 Å². The van der Waals surface area contributed by atoms with E-state index in [0.717, 1.165) is 22.3 Å². The maximum absolute atomic E-state index is 13.1. The van der Waals surface area contributed by atoms with Crippen LogP contribution in [0.3, 0.4) is 0 Å². The Morgan fingerprint density at radius 1 is 0.660 bits per heavy atom. The number of esters is 2. The van der Waals surface area contributed by atoms with Crippen LogP contribution in [-0.4, -0.2) is 64.5 Å². The molecule has 0 aliphatic carbocycles. The van der Waals surface area contributed by atoms with Gasteiger partial charge in [0.15, 0.2) is 10.3 Å². The quantitative estimate of drug-likeness (QED) is 0.114. The lowest BCUT2D eigenvalue weighted by Gasteiger charge is -2.11. The molecule has 258 valence electrons. The van der Waals surface area contributed by atoms with Gasteiger partial charge in [0, 0.05) is 46.8 Å². The minimum absolute atomic E-state index is 0.0493. The van der Waals surface area contributed by atoms with Crippen LogP contribution < -0.4 is 18.9 Å². The van der Waals surface area contributed by atoms with E-state index < -0.39 is 33.5 Å². The van der Waals surface area contributed by atoms with Gasteiger partial charge in [0.1, 0.15) is 23.0 Å². The van der Waals surface area contributed by atoms with Crippen molar-refractivity contribution in [1.29, 1.82) is 0 Å². The Balaban J connectivity index is 1.09. The van der Waals surface area contributed by atoms with E-state index in [2.05, 4.69) is 29.9 Å². The number of nitrogens with zero attached hydrogens (tertiary/aromatic N) is 4. The number of rotatable bonds is 10. The summed E-state index contributed by atoms with van der Waals surface area (Å²) in [5.74, 6) is -0.818. The Bertz CT molecular complexity index is 2190. The molecule has 4 heterocycles. The number of aromatic amines is 2. The summed E-state index contributed by atoms with van der Waals surface area (Å²) in [5.41, 5.74) is 6.45. The first-order chi connectivity index (χ1) is 23.9. The van der Waals surface area contributed by atoms with Crippen LogP contribution in [0.15, 0.2) is 59.1 Å². The number of aryl methyl sites for hydroxylation is 2. The monoisotopic (exact) mass is 716 g/mol. The van der Waals surface area contributed by atoms with E-state index >= 15 is 0 Å². The lowest BCUT2D eigenvalue weighted by molar-refractivity contribution is -0.156. The van der Waals surface area contributed by atoms with Gasteiger partial charge in [-0.1, -0.05) is 0 Å². The Morgan fingerprint density at radius 3 is 1.44 bits per heavy atom. The van der Waals surface area contributed by atoms with E-state index in [-0.39, 0.29) is 33.3 Å². The summed E-state index contributed by atoms with van der Waals surface area (Å²) in [7, 11) is 0.0225. The molecule has 6 rings (SSSR count). The Kier molecular flexibility index (Phi) is 9.74. The van der Waals surface area contributed by atoms with Crippen molar-refractivity contribution in [2.75, 3.05) is 14.2 Å². The van der Waals surface area contributed by atoms with E-state index in [1.165, 1.54) is 24.3 Å². The second-order valence-electron chi connectivity index (χ2n) is 11.3. The maximum Gasteiger partial charge on any atom is 0.423 e. The van der Waals surface area contributed by atoms with Crippen molar-refractivity contribution in [3.8, 4) is 23.0 Å². The normalized spacial score (nSPS) is 12.5. The molecule has 2 unspecified atom stereocenters. The molecule has 6 aromatic rings. The van der Waals surface area contributed by atoms with Crippen LogP contribution in [0.4, 0.5) is 0 Å². The maximum atomic E-state index is 13.1. The highest BCUT2D eigenvalue weighted by Gasteiger charge is 2.22. The molecule has 0 radical (unpaired) electrons. The number of ether oxygens (including phenoxy) is 4. The molecule has 0 saturated heterocycles. The number of nitrogens with one attached hydrogen (secondary N) is 2. The summed E-state index contributed by atoms with van der Waals surface area (Å²) in [4.78, 5) is 48.9. The van der Waals surface area contributed by atoms with Crippen molar-refractivity contribution in [2.24, 2.45) is 0 Å². The molecule has 2 atom stereocenters. The smallest absolute Gasteiger partial charge is 0.423 e. The lowest BCUT2D eigenvalue weighted by Crippen LogP contribution is -2.25. The van der Waals surface area contributed by atoms with Crippen molar-refractivity contribution >= 4 is 55.6 Å². The third kappa shape index (κ3) is 6.97. The molecule has 4 aromatic heterocycles. The van der Waals surface area contributed by atoms with Crippen molar-refractivity contribution in [3.05, 3.63) is 82.4 Å². The summed E-state index contributed by atoms with van der Waals surface area (Å²) in [6, 6.07) is 8.99. The highest BCUT2D eigenvalue weighted by atomic mass is 32.2. The number of H-pyrrole nitrogens is 2. The average molecular weight is 717 g/mol. The molecule has 50 heavy (non-hydrogen) atoms. The van der Waals surface area contributed by atoms with Gasteiger partial charge in [-0.3, -0.25) is 18.4 Å². The van der Waals surface area contributed by atoms with Crippen molar-refractivity contribution in [3.63, 3.8) is 0 Å². The summed E-state index contributed by atoms with van der Waals surface area (Å²) < 4.78 is 47.7. The summed E-state index contributed by atoms with van der Waals surface area (Å²) in [6.07, 6.45) is 3.34. The lowest BCUT2D eigenvalue weighted by atomic mass is 10.1. The first-order valence-corrected chi connectivity index (χ1v) is 17.8. The van der Waals surface area contributed by atoms with E-state index in [4.69, 9.17) is 18.9 Å². The Morgan fingerprint density at radius 2 is 1.06 bits per heavy atom. The molecular weight excluding hydrogens is 685 g/mol. The standard InChI is InChI=1S/C34H32N6O8S2/c1-17-13-35-27(19(3)29(17)45-5)15-49(43)33-37-23-9-7-21(11-25(23)39-33)47-31(41)32(42)48-22-8-10-24-26(12-22)40-34(38-24)50(44)16-28-20(4)30(46-6)18(2)14-36-28/h7-14H,15-16H2,1-6H3,(H,37,39)(H,38,40). The summed E-state index contributed by atoms with van der Waals surface area (Å²) in [6.45, 7) is 7.48. The largest absolute Gasteiger partial charge is 0.496 e. The zero-order valence-corrected chi connectivity index (χ0v) is 29.5. The number of aromatic nitrogens is 6. The average Bonchev–Trinajstić information content (AvgIpc) is 3.72. The highest BCUT2D eigenvalue weighted by molar-refractivity contribution is 7.84. The van der Waals surface area contributed by atoms with Gasteiger partial charge in [-0.15, -0.1) is 0 Å². The summed E-state index contributed by atoms with van der Waals surface area (Å²) >= 11 is 0. The van der Waals surface area contributed by atoms with Gasteiger partial charge in [-0.05, 0) is 52.0 Å². The van der Waals surface area contributed by atoms with Crippen molar-refractivity contribution in [2.45, 2.75) is 49.5 Å². The number of benzene rings is 2. The van der Waals surface area contributed by atoms with Gasteiger partial charge < -0.3 is 28.9 Å². The third-order valence-corrected chi connectivity index (χ3v) is 10.2. The molecule has 2 N–H and O–H groups in total. The van der Waals surface area contributed by atoms with Gasteiger partial charge in [0.2, 0.25) is 0 Å². The van der Waals surface area contributed by atoms with Crippen molar-refractivity contribution in [1.82, 2.24) is 29.9 Å². The van der Waals surface area contributed by atoms with Crippen molar-refractivity contribution < 1.29 is 37.0 Å². The fourth-order valence-electron chi connectivity index (χ4n) is 5.39. The number of methoxy groups -OCH3 is 2. The van der Waals surface area contributed by atoms with E-state index in [0.29, 0.717) is 45.0 Å². The minimum Gasteiger partial charge on any atom is -0.496 e. The zero-order valence-electron chi connectivity index (χ0n) is 27.9. The molecule has 0 aliphatic rings. The molecule has 0 spiro atoms.